The molecule has 1 N–H and O–H groups in total. The Morgan fingerprint density at radius 3 is 2.91 bits per heavy atom. The molecular weight excluding hydrogens is 404 g/mol. The molecule has 0 unspecified atom stereocenters. The number of nitrogens with zero attached hydrogens (tertiary/aromatic N) is 3. The third-order valence-electron chi connectivity index (χ3n) is 6.33. The second-order valence-corrected chi connectivity index (χ2v) is 8.53. The van der Waals surface area contributed by atoms with Gasteiger partial charge in [0.2, 0.25) is 11.4 Å². The van der Waals surface area contributed by atoms with Gasteiger partial charge in [0.15, 0.2) is 0 Å². The number of aromatic nitrogens is 2. The summed E-state index contributed by atoms with van der Waals surface area (Å²) in [4.78, 5) is 23.6. The van der Waals surface area contributed by atoms with Crippen LogP contribution in [0.2, 0.25) is 0 Å². The SMILES string of the molecule is O=c1ccc2cnc(OCCCCN3CCN(c4cccc5c4OCCC5)CC3)cc2[nH]1. The Bertz CT molecular complexity index is 1120. The van der Waals surface area contributed by atoms with E-state index in [1.807, 2.05) is 0 Å². The van der Waals surface area contributed by atoms with Crippen LogP contribution in [0.5, 0.6) is 11.6 Å². The monoisotopic (exact) mass is 434 g/mol. The maximum atomic E-state index is 11.5. The van der Waals surface area contributed by atoms with Gasteiger partial charge in [-0.25, -0.2) is 4.98 Å². The van der Waals surface area contributed by atoms with Crippen molar-refractivity contribution in [3.05, 3.63) is 58.5 Å². The molecule has 0 amide bonds. The third-order valence-corrected chi connectivity index (χ3v) is 6.33. The normalized spacial score (nSPS) is 16.6. The molecule has 32 heavy (non-hydrogen) atoms. The average Bonchev–Trinajstić information content (AvgIpc) is 2.83. The number of rotatable bonds is 7. The number of aromatic amines is 1. The lowest BCUT2D eigenvalue weighted by Gasteiger charge is -2.37. The lowest BCUT2D eigenvalue weighted by molar-refractivity contribution is 0.235. The van der Waals surface area contributed by atoms with E-state index in [2.05, 4.69) is 38.0 Å². The number of fused-ring (bicyclic) bond motifs is 2. The van der Waals surface area contributed by atoms with E-state index in [1.54, 1.807) is 18.3 Å². The molecule has 1 saturated heterocycles. The van der Waals surface area contributed by atoms with Gasteiger partial charge in [-0.15, -0.1) is 0 Å². The number of unbranched alkanes of at least 4 members (excludes halogenated alkanes) is 1. The van der Waals surface area contributed by atoms with Crippen LogP contribution in [0.15, 0.2) is 47.4 Å². The summed E-state index contributed by atoms with van der Waals surface area (Å²) in [6, 6.07) is 11.6. The Balaban J connectivity index is 1.05. The van der Waals surface area contributed by atoms with Crippen LogP contribution < -0.4 is 19.9 Å². The molecule has 7 nitrogen and oxygen atoms in total. The number of piperazine rings is 1. The van der Waals surface area contributed by atoms with E-state index >= 15 is 0 Å². The highest BCUT2D eigenvalue weighted by molar-refractivity contribution is 5.77. The van der Waals surface area contributed by atoms with Crippen LogP contribution in [-0.4, -0.2) is 60.8 Å². The van der Waals surface area contributed by atoms with Crippen LogP contribution in [0.4, 0.5) is 5.69 Å². The Kier molecular flexibility index (Phi) is 6.25. The second kappa shape index (κ2) is 9.61. The predicted molar refractivity (Wildman–Crippen MR) is 126 cm³/mol. The Labute approximate surface area is 188 Å². The molecule has 0 aliphatic carbocycles. The molecule has 2 aliphatic heterocycles. The predicted octanol–water partition coefficient (Wildman–Crippen LogP) is 3.23. The summed E-state index contributed by atoms with van der Waals surface area (Å²) >= 11 is 0. The van der Waals surface area contributed by atoms with E-state index in [9.17, 15) is 4.79 Å². The number of pyridine rings is 2. The molecule has 2 aromatic heterocycles. The fourth-order valence-corrected chi connectivity index (χ4v) is 4.55. The van der Waals surface area contributed by atoms with E-state index < -0.39 is 0 Å². The fourth-order valence-electron chi connectivity index (χ4n) is 4.55. The Morgan fingerprint density at radius 2 is 2.00 bits per heavy atom. The Hall–Kier alpha value is -3.06. The second-order valence-electron chi connectivity index (χ2n) is 8.53. The van der Waals surface area contributed by atoms with Crippen molar-refractivity contribution in [2.75, 3.05) is 50.8 Å². The van der Waals surface area contributed by atoms with Gasteiger partial charge in [-0.2, -0.15) is 0 Å². The van der Waals surface area contributed by atoms with Crippen molar-refractivity contribution in [2.24, 2.45) is 0 Å². The minimum absolute atomic E-state index is 0.116. The van der Waals surface area contributed by atoms with E-state index in [0.717, 1.165) is 81.7 Å². The third kappa shape index (κ3) is 4.72. The van der Waals surface area contributed by atoms with Gasteiger partial charge < -0.3 is 19.4 Å². The molecule has 168 valence electrons. The summed E-state index contributed by atoms with van der Waals surface area (Å²) in [7, 11) is 0. The first-order chi connectivity index (χ1) is 15.8. The molecular formula is C25H30N4O3. The largest absolute Gasteiger partial charge is 0.491 e. The number of H-pyrrole nitrogens is 1. The summed E-state index contributed by atoms with van der Waals surface area (Å²) in [5.74, 6) is 1.66. The number of aryl methyl sites for hydroxylation is 1. The van der Waals surface area contributed by atoms with Crippen LogP contribution in [0.25, 0.3) is 10.9 Å². The highest BCUT2D eigenvalue weighted by atomic mass is 16.5. The Morgan fingerprint density at radius 1 is 1.09 bits per heavy atom. The highest BCUT2D eigenvalue weighted by Crippen LogP contribution is 2.35. The van der Waals surface area contributed by atoms with Crippen molar-refractivity contribution in [2.45, 2.75) is 25.7 Å². The smallest absolute Gasteiger partial charge is 0.248 e. The number of anilines is 1. The minimum atomic E-state index is -0.116. The molecule has 1 fully saturated rings. The molecule has 0 spiro atoms. The zero-order valence-corrected chi connectivity index (χ0v) is 18.4. The molecule has 4 heterocycles. The molecule has 2 aliphatic rings. The molecule has 0 saturated carbocycles. The van der Waals surface area contributed by atoms with Crippen molar-refractivity contribution in [1.82, 2.24) is 14.9 Å². The molecule has 5 rings (SSSR count). The summed E-state index contributed by atoms with van der Waals surface area (Å²) in [6.45, 7) is 6.76. The van der Waals surface area contributed by atoms with E-state index in [-0.39, 0.29) is 5.56 Å². The van der Waals surface area contributed by atoms with E-state index in [4.69, 9.17) is 9.47 Å². The van der Waals surface area contributed by atoms with Crippen LogP contribution in [0.1, 0.15) is 24.8 Å². The molecule has 0 bridgehead atoms. The standard InChI is InChI=1S/C25H30N4O3/c30-23-9-8-20-18-26-24(17-21(20)27-23)31-15-2-1-10-28-11-13-29(14-12-28)22-7-3-5-19-6-4-16-32-25(19)22/h3,5,7-9,17-18H,1-2,4,6,10-16H2,(H,27,30). The topological polar surface area (TPSA) is 70.7 Å². The molecule has 3 aromatic rings. The summed E-state index contributed by atoms with van der Waals surface area (Å²) < 4.78 is 11.8. The molecule has 7 heteroatoms. The van der Waals surface area contributed by atoms with Crippen LogP contribution in [-0.2, 0) is 6.42 Å². The van der Waals surface area contributed by atoms with Gasteiger partial charge in [0.25, 0.3) is 0 Å². The van der Waals surface area contributed by atoms with Crippen molar-refractivity contribution in [1.29, 1.82) is 0 Å². The maximum absolute atomic E-state index is 11.5. The van der Waals surface area contributed by atoms with Crippen LogP contribution in [0.3, 0.4) is 0 Å². The van der Waals surface area contributed by atoms with Gasteiger partial charge in [0.05, 0.1) is 24.4 Å². The quantitative estimate of drug-likeness (QED) is 0.576. The van der Waals surface area contributed by atoms with Gasteiger partial charge in [0, 0.05) is 49.9 Å². The van der Waals surface area contributed by atoms with Crippen molar-refractivity contribution in [3.63, 3.8) is 0 Å². The first kappa shape index (κ1) is 20.8. The van der Waals surface area contributed by atoms with E-state index in [0.29, 0.717) is 12.5 Å². The van der Waals surface area contributed by atoms with Gasteiger partial charge in [-0.3, -0.25) is 9.69 Å². The number of hydrogen-bond donors (Lipinski definition) is 1. The lowest BCUT2D eigenvalue weighted by atomic mass is 10.0. The first-order valence-electron chi connectivity index (χ1n) is 11.6. The molecule has 0 radical (unpaired) electrons. The number of nitrogens with one attached hydrogen (secondary N) is 1. The molecule has 0 atom stereocenters. The number of ether oxygens (including phenoxy) is 2. The zero-order valence-electron chi connectivity index (χ0n) is 18.4. The van der Waals surface area contributed by atoms with Crippen LogP contribution >= 0.6 is 0 Å². The highest BCUT2D eigenvalue weighted by Gasteiger charge is 2.22. The van der Waals surface area contributed by atoms with Gasteiger partial charge in [0.1, 0.15) is 5.75 Å². The number of benzene rings is 1. The fraction of sp³-hybridized carbons (Fsp3) is 0.440. The van der Waals surface area contributed by atoms with Gasteiger partial charge in [-0.05, 0) is 49.9 Å². The lowest BCUT2D eigenvalue weighted by Crippen LogP contribution is -2.46. The number of para-hydroxylation sites is 1. The first-order valence-corrected chi connectivity index (χ1v) is 11.6. The van der Waals surface area contributed by atoms with Crippen molar-refractivity contribution in [3.8, 4) is 11.6 Å². The van der Waals surface area contributed by atoms with Crippen molar-refractivity contribution >= 4 is 16.6 Å². The summed E-state index contributed by atoms with van der Waals surface area (Å²) in [6.07, 6.45) is 6.04. The summed E-state index contributed by atoms with van der Waals surface area (Å²) in [5.41, 5.74) is 3.25. The molecule has 1 aromatic carbocycles. The van der Waals surface area contributed by atoms with Gasteiger partial charge in [-0.1, -0.05) is 12.1 Å². The van der Waals surface area contributed by atoms with E-state index in [1.165, 1.54) is 17.3 Å². The number of hydrogen-bond acceptors (Lipinski definition) is 6. The summed E-state index contributed by atoms with van der Waals surface area (Å²) in [5, 5.41) is 0.902. The zero-order chi connectivity index (χ0) is 21.8. The average molecular weight is 435 g/mol. The van der Waals surface area contributed by atoms with Gasteiger partial charge >= 0.3 is 0 Å². The van der Waals surface area contributed by atoms with Crippen LogP contribution in [0, 0.1) is 0 Å². The maximum Gasteiger partial charge on any atom is 0.248 e. The van der Waals surface area contributed by atoms with Crippen molar-refractivity contribution < 1.29 is 9.47 Å². The minimum Gasteiger partial charge on any atom is -0.491 e.